The van der Waals surface area contributed by atoms with E-state index in [4.69, 9.17) is 28.4 Å². The summed E-state index contributed by atoms with van der Waals surface area (Å²) in [5, 5.41) is 18.1. The van der Waals surface area contributed by atoms with Crippen LogP contribution in [0.25, 0.3) is 0 Å². The maximum atomic E-state index is 14.4. The van der Waals surface area contributed by atoms with Crippen molar-refractivity contribution in [2.75, 3.05) is 70.3 Å². The van der Waals surface area contributed by atoms with E-state index in [0.29, 0.717) is 86.0 Å². The number of carbonyl (C=O) groups is 7. The molecule has 3 N–H and O–H groups in total. The quantitative estimate of drug-likeness (QED) is 0.0332. The number of nitrogens with zero attached hydrogens (tertiary/aromatic N) is 5. The van der Waals surface area contributed by atoms with Gasteiger partial charge in [-0.05, 0) is 118 Å². The van der Waals surface area contributed by atoms with Crippen LogP contribution in [0, 0.1) is 28.1 Å². The van der Waals surface area contributed by atoms with Gasteiger partial charge in [-0.15, -0.1) is 0 Å². The van der Waals surface area contributed by atoms with Gasteiger partial charge in [0.2, 0.25) is 17.7 Å². The number of hydrogen-bond donors (Lipinski definition) is 3. The lowest BCUT2D eigenvalue weighted by molar-refractivity contribution is -0.140. The third kappa shape index (κ3) is 19.6. The van der Waals surface area contributed by atoms with Crippen molar-refractivity contribution in [1.82, 2.24) is 20.0 Å². The van der Waals surface area contributed by atoms with E-state index in [9.17, 15) is 38.7 Å². The first-order valence-electron chi connectivity index (χ1n) is 35.9. The topological polar surface area (TPSA) is 244 Å². The van der Waals surface area contributed by atoms with E-state index >= 15 is 0 Å². The molecule has 537 valence electrons. The molecule has 4 fully saturated rings. The lowest BCUT2D eigenvalue weighted by atomic mass is 9.69. The van der Waals surface area contributed by atoms with Crippen LogP contribution in [-0.4, -0.2) is 159 Å². The molecule has 3 saturated heterocycles. The fourth-order valence-electron chi connectivity index (χ4n) is 14.1. The van der Waals surface area contributed by atoms with Crippen LogP contribution >= 0.6 is 0 Å². The van der Waals surface area contributed by atoms with Crippen molar-refractivity contribution in [2.45, 2.75) is 214 Å². The molecule has 1 radical (unpaired) electrons. The van der Waals surface area contributed by atoms with Crippen LogP contribution in [0.1, 0.15) is 210 Å². The standard InChI is InChI=1S/C77H107BN7O14/c1-50-38-55-45-80-59-43-64(62(94-11)40-57(59)69(89)83(55)46-50)98-49-75(5,6)30-29-74(3,4)32-36-96-65-44-60-58(41-63(65)95-12)70(90)84-47-51(2)39-61(84)71(91)85(60)73(93)97-48-52-24-26-54(27-25-52)81-78-72(92)76(7,8)33-37-99-77(9,10)31-34-79-66(86)28-35-82-67(87)42-56(68(82)88)53-22-20-18-16-14-13-15-17-19-21-23-53/h24-27,40-41,43-45,53,55-56,61,71,81,91H,1-2,13-23,28-39,42,46-49H2,3-12H3,(H,79,86)/t55-,56?,61-,71-/m0/s1. The highest BCUT2D eigenvalue weighted by Gasteiger charge is 2.47. The summed E-state index contributed by atoms with van der Waals surface area (Å²) in [6.07, 6.45) is 16.7. The highest BCUT2D eigenvalue weighted by molar-refractivity contribution is 6.77. The molecule has 1 saturated carbocycles. The molecule has 6 aliphatic rings. The smallest absolute Gasteiger partial charge is 0.416 e. The van der Waals surface area contributed by atoms with Crippen molar-refractivity contribution in [2.24, 2.45) is 33.1 Å². The summed E-state index contributed by atoms with van der Waals surface area (Å²) < 4.78 is 36.6. The Morgan fingerprint density at radius 3 is 1.98 bits per heavy atom. The Morgan fingerprint density at radius 2 is 1.30 bits per heavy atom. The highest BCUT2D eigenvalue weighted by Crippen LogP contribution is 2.45. The Hall–Kier alpha value is -7.72. The first-order chi connectivity index (χ1) is 47.1. The molecular weight excluding hydrogens is 1260 g/mol. The monoisotopic (exact) mass is 1360 g/mol. The fraction of sp³-hybridized carbons (Fsp3) is 0.610. The third-order valence-electron chi connectivity index (χ3n) is 20.9. The Kier molecular flexibility index (Phi) is 25.3. The average molecular weight is 1370 g/mol. The van der Waals surface area contributed by atoms with Crippen molar-refractivity contribution in [3.63, 3.8) is 0 Å². The molecule has 3 aromatic carbocycles. The van der Waals surface area contributed by atoms with E-state index in [1.54, 1.807) is 60.5 Å². The van der Waals surface area contributed by atoms with Crippen LogP contribution < -0.4 is 34.4 Å². The van der Waals surface area contributed by atoms with E-state index in [0.717, 1.165) is 54.6 Å². The zero-order chi connectivity index (χ0) is 71.4. The number of aliphatic hydroxyl groups excluding tert-OH is 1. The van der Waals surface area contributed by atoms with E-state index in [1.807, 2.05) is 33.9 Å². The molecule has 3 aromatic rings. The van der Waals surface area contributed by atoms with Crippen molar-refractivity contribution < 1.29 is 67.1 Å². The number of carbonyl (C=O) groups excluding carboxylic acids is 7. The largest absolute Gasteiger partial charge is 0.493 e. The SMILES string of the molecule is C=C1C[C@H]2C=Nc3cc(OCC(C)(C)CCC(C)(C)CCOc4cc5c(cc4OC)C(=O)N4CC(=C)C[C@H]4[C@H](O)N5C(=O)OCc4ccc(N[B]C(=O)C(C)(C)CCOC(C)(C)CCNC(=O)CCN5C(=O)CC(C6CCCCCCCCCCC6)C5=O)cc4)c(OC)cc3C(=O)N2C1. The van der Waals surface area contributed by atoms with Crippen molar-refractivity contribution in [3.8, 4) is 23.0 Å². The van der Waals surface area contributed by atoms with Crippen LogP contribution in [0.3, 0.4) is 0 Å². The van der Waals surface area contributed by atoms with E-state index < -0.39 is 35.3 Å². The number of imide groups is 1. The molecule has 0 spiro atoms. The molecule has 6 amide bonds. The van der Waals surface area contributed by atoms with Gasteiger partial charge in [-0.3, -0.25) is 33.9 Å². The van der Waals surface area contributed by atoms with Gasteiger partial charge in [-0.25, -0.2) is 9.69 Å². The maximum Gasteiger partial charge on any atom is 0.416 e. The Balaban J connectivity index is 0.718. The number of fused-ring (bicyclic) bond motifs is 4. The number of anilines is 2. The lowest BCUT2D eigenvalue weighted by Gasteiger charge is -2.32. The van der Waals surface area contributed by atoms with E-state index in [-0.39, 0.29) is 126 Å². The molecule has 1 unspecified atom stereocenters. The Labute approximate surface area is 586 Å². The number of nitrogens with one attached hydrogen (secondary N) is 2. The molecule has 22 heteroatoms. The van der Waals surface area contributed by atoms with Gasteiger partial charge >= 0.3 is 13.5 Å². The van der Waals surface area contributed by atoms with Crippen LogP contribution in [0.4, 0.5) is 21.9 Å². The zero-order valence-corrected chi connectivity index (χ0v) is 60.4. The second kappa shape index (κ2) is 33.2. The number of rotatable bonds is 29. The van der Waals surface area contributed by atoms with Gasteiger partial charge in [0.15, 0.2) is 29.2 Å². The van der Waals surface area contributed by atoms with Crippen LogP contribution in [-0.2, 0) is 35.3 Å². The first-order valence-corrected chi connectivity index (χ1v) is 35.9. The summed E-state index contributed by atoms with van der Waals surface area (Å²) in [5.74, 6) is 0.446. The summed E-state index contributed by atoms with van der Waals surface area (Å²) in [6, 6.07) is 12.7. The Bertz CT molecular complexity index is 3460. The lowest BCUT2D eigenvalue weighted by Crippen LogP contribution is -2.50. The van der Waals surface area contributed by atoms with Crippen LogP contribution in [0.15, 0.2) is 77.8 Å². The van der Waals surface area contributed by atoms with Crippen molar-refractivity contribution in [3.05, 3.63) is 89.5 Å². The number of aliphatic imine (C=N–C) groups is 1. The minimum Gasteiger partial charge on any atom is -0.493 e. The number of ether oxygens (including phenoxy) is 6. The third-order valence-corrected chi connectivity index (χ3v) is 20.9. The summed E-state index contributed by atoms with van der Waals surface area (Å²) in [5.41, 5.74) is 2.21. The number of aliphatic hydroxyl groups is 1. The number of methoxy groups -OCH3 is 2. The molecular formula is C77H107BN7O14. The van der Waals surface area contributed by atoms with E-state index in [2.05, 4.69) is 56.4 Å². The molecule has 1 aliphatic carbocycles. The average Bonchev–Trinajstić information content (AvgIpc) is 1.63. The minimum absolute atomic E-state index is 0.0495. The van der Waals surface area contributed by atoms with Gasteiger partial charge in [-0.2, -0.15) is 0 Å². The molecule has 0 bridgehead atoms. The molecule has 21 nitrogen and oxygen atoms in total. The van der Waals surface area contributed by atoms with Gasteiger partial charge < -0.3 is 58.7 Å². The van der Waals surface area contributed by atoms with Crippen molar-refractivity contribution >= 4 is 72.0 Å². The normalized spacial score (nSPS) is 20.4. The maximum absolute atomic E-state index is 14.4. The molecule has 0 aromatic heterocycles. The summed E-state index contributed by atoms with van der Waals surface area (Å²) in [4.78, 5) is 106. The van der Waals surface area contributed by atoms with Gasteiger partial charge in [0.1, 0.15) is 12.3 Å². The Morgan fingerprint density at radius 1 is 0.687 bits per heavy atom. The van der Waals surface area contributed by atoms with E-state index in [1.165, 1.54) is 69.3 Å². The number of amides is 6. The van der Waals surface area contributed by atoms with Gasteiger partial charge in [0.25, 0.3) is 11.8 Å². The molecule has 9 rings (SSSR count). The van der Waals surface area contributed by atoms with Crippen LogP contribution in [0.5, 0.6) is 23.0 Å². The second-order valence-electron chi connectivity index (χ2n) is 30.9. The molecule has 4 atom stereocenters. The highest BCUT2D eigenvalue weighted by atomic mass is 16.6. The fourth-order valence-corrected chi connectivity index (χ4v) is 14.1. The number of likely N-dealkylation sites (tertiary alicyclic amines) is 1. The molecule has 5 aliphatic heterocycles. The molecule has 5 heterocycles. The number of hydrogen-bond acceptors (Lipinski definition) is 16. The second-order valence-corrected chi connectivity index (χ2v) is 30.9. The minimum atomic E-state index is -1.50. The molecule has 99 heavy (non-hydrogen) atoms. The number of benzene rings is 3. The van der Waals surface area contributed by atoms with Crippen molar-refractivity contribution in [1.29, 1.82) is 0 Å². The summed E-state index contributed by atoms with van der Waals surface area (Å²) >= 11 is 0. The van der Waals surface area contributed by atoms with Gasteiger partial charge in [0, 0.05) is 75.1 Å². The summed E-state index contributed by atoms with van der Waals surface area (Å²) in [7, 11) is 4.46. The zero-order valence-electron chi connectivity index (χ0n) is 60.4. The predicted molar refractivity (Wildman–Crippen MR) is 383 cm³/mol. The first kappa shape index (κ1) is 75.5. The van der Waals surface area contributed by atoms with Gasteiger partial charge in [0.05, 0.1) is 73.5 Å². The van der Waals surface area contributed by atoms with Crippen LogP contribution in [0.2, 0.25) is 0 Å². The predicted octanol–water partition coefficient (Wildman–Crippen LogP) is 13.1. The van der Waals surface area contributed by atoms with Gasteiger partial charge in [-0.1, -0.05) is 136 Å². The summed E-state index contributed by atoms with van der Waals surface area (Å²) in [6.45, 7) is 26.3.